The van der Waals surface area contributed by atoms with Gasteiger partial charge in [0.05, 0.1) is 36.8 Å². The highest BCUT2D eigenvalue weighted by molar-refractivity contribution is 6.02. The summed E-state index contributed by atoms with van der Waals surface area (Å²) in [6.45, 7) is 10.4. The third-order valence-corrected chi connectivity index (χ3v) is 10.4. The lowest BCUT2D eigenvalue weighted by molar-refractivity contribution is -0.111. The summed E-state index contributed by atoms with van der Waals surface area (Å²) in [6, 6.07) is 10.4. The normalized spacial score (nSPS) is 21.0. The van der Waals surface area contributed by atoms with E-state index in [2.05, 4.69) is 41.9 Å². The van der Waals surface area contributed by atoms with Crippen molar-refractivity contribution in [1.29, 1.82) is 0 Å². The standard InChI is InChI=1S/C36H44F2N8O3/c1-3-36(47)42-29-20-30(41-34-22-35(40-23-39-34)46-31(11-18-49-46)24-7-8-27(37)28(38)19-24)33(48-2)21-32(29)45-12-9-26(10-13-45)44-16-14-43(15-17-44)25-5-4-6-25/h3,7-8,19-23,25-26,31H,1,4-6,9-18H2,2H3,(H,42,47)(H,39,40,41). The number of nitrogens with one attached hydrogen (secondary N) is 2. The highest BCUT2D eigenvalue weighted by Gasteiger charge is 2.33. The van der Waals surface area contributed by atoms with Crippen LogP contribution in [0.15, 0.2) is 55.4 Å². The monoisotopic (exact) mass is 674 g/mol. The molecule has 4 fully saturated rings. The van der Waals surface area contributed by atoms with E-state index in [0.29, 0.717) is 53.4 Å². The van der Waals surface area contributed by atoms with Gasteiger partial charge in [-0.05, 0) is 55.5 Å². The number of anilines is 5. The van der Waals surface area contributed by atoms with Gasteiger partial charge in [-0.15, -0.1) is 0 Å². The van der Waals surface area contributed by atoms with Crippen molar-refractivity contribution in [3.63, 3.8) is 0 Å². The zero-order chi connectivity index (χ0) is 33.9. The van der Waals surface area contributed by atoms with E-state index >= 15 is 0 Å². The molecule has 1 aliphatic carbocycles. The average molecular weight is 675 g/mol. The lowest BCUT2D eigenvalue weighted by Crippen LogP contribution is -2.56. The number of halogens is 2. The van der Waals surface area contributed by atoms with Crippen molar-refractivity contribution < 1.29 is 23.1 Å². The molecule has 3 aliphatic heterocycles. The number of ether oxygens (including phenoxy) is 1. The fourth-order valence-electron chi connectivity index (χ4n) is 7.46. The lowest BCUT2D eigenvalue weighted by atomic mass is 9.91. The molecular formula is C36H44F2N8O3. The van der Waals surface area contributed by atoms with Crippen LogP contribution in [-0.4, -0.2) is 90.7 Å². The SMILES string of the molecule is C=CC(=O)Nc1cc(Nc2cc(N3OCCC3c3ccc(F)c(F)c3)ncn2)c(OC)cc1N1CCC(N2CCN(C3CCC3)CC2)CC1. The largest absolute Gasteiger partial charge is 0.494 e. The van der Waals surface area contributed by atoms with Gasteiger partial charge in [0.1, 0.15) is 17.9 Å². The summed E-state index contributed by atoms with van der Waals surface area (Å²) in [4.78, 5) is 34.9. The van der Waals surface area contributed by atoms with Crippen molar-refractivity contribution in [3.05, 3.63) is 72.6 Å². The van der Waals surface area contributed by atoms with E-state index in [0.717, 1.165) is 56.8 Å². The number of carbonyl (C=O) groups is 1. The third-order valence-electron chi connectivity index (χ3n) is 10.4. The first-order valence-electron chi connectivity index (χ1n) is 17.2. The second-order valence-corrected chi connectivity index (χ2v) is 13.2. The van der Waals surface area contributed by atoms with Gasteiger partial charge in [0, 0.05) is 69.9 Å². The number of aromatic nitrogens is 2. The Morgan fingerprint density at radius 2 is 1.65 bits per heavy atom. The summed E-state index contributed by atoms with van der Waals surface area (Å²) in [5.74, 6) is -0.633. The minimum Gasteiger partial charge on any atom is -0.494 e. The lowest BCUT2D eigenvalue weighted by Gasteiger charge is -2.46. The number of methoxy groups -OCH3 is 1. The molecule has 11 nitrogen and oxygen atoms in total. The fourth-order valence-corrected chi connectivity index (χ4v) is 7.46. The first kappa shape index (κ1) is 33.2. The molecule has 260 valence electrons. The van der Waals surface area contributed by atoms with Crippen LogP contribution in [0.4, 0.5) is 37.5 Å². The molecule has 1 unspecified atom stereocenters. The smallest absolute Gasteiger partial charge is 0.247 e. The predicted molar refractivity (Wildman–Crippen MR) is 185 cm³/mol. The Balaban J connectivity index is 1.07. The zero-order valence-electron chi connectivity index (χ0n) is 27.9. The molecule has 13 heteroatoms. The molecule has 7 rings (SSSR count). The molecule has 3 aromatic rings. The van der Waals surface area contributed by atoms with E-state index in [1.54, 1.807) is 24.3 Å². The number of carbonyl (C=O) groups excluding carboxylic acids is 1. The van der Waals surface area contributed by atoms with Gasteiger partial charge in [0.15, 0.2) is 17.5 Å². The van der Waals surface area contributed by atoms with Crippen LogP contribution in [0.5, 0.6) is 5.75 Å². The van der Waals surface area contributed by atoms with Crippen molar-refractivity contribution >= 4 is 34.6 Å². The van der Waals surface area contributed by atoms with Gasteiger partial charge in [-0.3, -0.25) is 19.4 Å². The number of benzene rings is 2. The van der Waals surface area contributed by atoms with Gasteiger partial charge in [0.25, 0.3) is 0 Å². The van der Waals surface area contributed by atoms with E-state index in [4.69, 9.17) is 9.57 Å². The minimum absolute atomic E-state index is 0.310. The summed E-state index contributed by atoms with van der Waals surface area (Å²) in [6.07, 6.45) is 9.43. The van der Waals surface area contributed by atoms with Gasteiger partial charge in [-0.25, -0.2) is 23.8 Å². The average Bonchev–Trinajstić information content (AvgIpc) is 3.60. The zero-order valence-corrected chi connectivity index (χ0v) is 27.9. The quantitative estimate of drug-likeness (QED) is 0.263. The second kappa shape index (κ2) is 14.7. The van der Waals surface area contributed by atoms with Crippen LogP contribution in [0.3, 0.4) is 0 Å². The van der Waals surface area contributed by atoms with Crippen LogP contribution in [0.1, 0.15) is 50.1 Å². The van der Waals surface area contributed by atoms with E-state index in [-0.39, 0.29) is 11.9 Å². The molecule has 4 aliphatic rings. The molecule has 2 N–H and O–H groups in total. The minimum atomic E-state index is -0.911. The van der Waals surface area contributed by atoms with E-state index in [1.807, 2.05) is 12.1 Å². The van der Waals surface area contributed by atoms with Crippen molar-refractivity contribution in [2.45, 2.75) is 56.7 Å². The maximum Gasteiger partial charge on any atom is 0.247 e. The van der Waals surface area contributed by atoms with Gasteiger partial charge >= 0.3 is 0 Å². The molecule has 2 aromatic carbocycles. The molecule has 4 heterocycles. The summed E-state index contributed by atoms with van der Waals surface area (Å²) in [5, 5.41) is 7.90. The molecule has 49 heavy (non-hydrogen) atoms. The Morgan fingerprint density at radius 1 is 0.918 bits per heavy atom. The number of hydrogen-bond donors (Lipinski definition) is 2. The van der Waals surface area contributed by atoms with Crippen LogP contribution in [0.2, 0.25) is 0 Å². The Bertz CT molecular complexity index is 1660. The van der Waals surface area contributed by atoms with Crippen molar-refractivity contribution in [3.8, 4) is 5.75 Å². The Morgan fingerprint density at radius 3 is 2.31 bits per heavy atom. The van der Waals surface area contributed by atoms with Crippen LogP contribution < -0.4 is 25.3 Å². The van der Waals surface area contributed by atoms with Crippen molar-refractivity contribution in [2.24, 2.45) is 0 Å². The van der Waals surface area contributed by atoms with Gasteiger partial charge in [0.2, 0.25) is 5.91 Å². The topological polar surface area (TPSA) is 98.3 Å². The number of hydroxylamine groups is 1. The van der Waals surface area contributed by atoms with E-state index < -0.39 is 11.6 Å². The molecule has 0 spiro atoms. The van der Waals surface area contributed by atoms with Crippen LogP contribution >= 0.6 is 0 Å². The summed E-state index contributed by atoms with van der Waals surface area (Å²) >= 11 is 0. The number of nitrogens with zero attached hydrogens (tertiary/aromatic N) is 6. The fraction of sp³-hybridized carbons (Fsp3) is 0.472. The first-order valence-corrected chi connectivity index (χ1v) is 17.2. The van der Waals surface area contributed by atoms with Crippen LogP contribution in [-0.2, 0) is 9.63 Å². The number of piperazine rings is 1. The second-order valence-electron chi connectivity index (χ2n) is 13.2. The molecule has 3 saturated heterocycles. The number of hydrogen-bond acceptors (Lipinski definition) is 10. The molecule has 1 amide bonds. The molecule has 0 radical (unpaired) electrons. The molecule has 0 bridgehead atoms. The Labute approximate surface area is 285 Å². The van der Waals surface area contributed by atoms with Crippen molar-refractivity contribution in [2.75, 3.05) is 73.6 Å². The molecular weight excluding hydrogens is 630 g/mol. The third kappa shape index (κ3) is 7.19. The Hall–Kier alpha value is -4.33. The van der Waals surface area contributed by atoms with E-state index in [1.165, 1.54) is 50.8 Å². The maximum absolute atomic E-state index is 14.0. The van der Waals surface area contributed by atoms with Gasteiger partial charge in [-0.2, -0.15) is 0 Å². The number of piperidine rings is 1. The van der Waals surface area contributed by atoms with Crippen molar-refractivity contribution in [1.82, 2.24) is 19.8 Å². The Kier molecular flexibility index (Phi) is 9.92. The predicted octanol–water partition coefficient (Wildman–Crippen LogP) is 5.65. The van der Waals surface area contributed by atoms with E-state index in [9.17, 15) is 13.6 Å². The first-order chi connectivity index (χ1) is 23.9. The number of rotatable bonds is 10. The number of amides is 1. The van der Waals surface area contributed by atoms with Gasteiger partial charge in [-0.1, -0.05) is 19.1 Å². The summed E-state index contributed by atoms with van der Waals surface area (Å²) in [7, 11) is 1.61. The summed E-state index contributed by atoms with van der Waals surface area (Å²) < 4.78 is 33.5. The highest BCUT2D eigenvalue weighted by Crippen LogP contribution is 2.41. The maximum atomic E-state index is 14.0. The highest BCUT2D eigenvalue weighted by atomic mass is 19.2. The van der Waals surface area contributed by atoms with Crippen LogP contribution in [0.25, 0.3) is 0 Å². The molecule has 1 atom stereocenters. The molecule has 1 saturated carbocycles. The van der Waals surface area contributed by atoms with Gasteiger partial charge < -0.3 is 20.3 Å². The summed E-state index contributed by atoms with van der Waals surface area (Å²) in [5.41, 5.74) is 2.69. The molecule has 1 aromatic heterocycles. The van der Waals surface area contributed by atoms with Crippen LogP contribution in [0, 0.1) is 11.6 Å².